The Balaban J connectivity index is 2.02. The van der Waals surface area contributed by atoms with Crippen LogP contribution in [0.5, 0.6) is 0 Å². The van der Waals surface area contributed by atoms with Gasteiger partial charge in [-0.2, -0.15) is 0 Å². The summed E-state index contributed by atoms with van der Waals surface area (Å²) in [7, 11) is 0. The van der Waals surface area contributed by atoms with Crippen molar-refractivity contribution in [3.05, 3.63) is 33.8 Å². The van der Waals surface area contributed by atoms with Crippen LogP contribution in [0.1, 0.15) is 43.7 Å². The van der Waals surface area contributed by atoms with E-state index in [1.165, 1.54) is 0 Å². The third kappa shape index (κ3) is 2.80. The molecule has 3 nitrogen and oxygen atoms in total. The van der Waals surface area contributed by atoms with Gasteiger partial charge >= 0.3 is 0 Å². The SMILES string of the molecule is NC1CCCC(=O)N(C2CC2)C1c1cc(Cl)cc(Cl)c1. The molecule has 1 saturated heterocycles. The van der Waals surface area contributed by atoms with Crippen LogP contribution >= 0.6 is 23.2 Å². The van der Waals surface area contributed by atoms with Crippen molar-refractivity contribution >= 4 is 29.1 Å². The summed E-state index contributed by atoms with van der Waals surface area (Å²) in [6.07, 6.45) is 4.44. The summed E-state index contributed by atoms with van der Waals surface area (Å²) in [5.74, 6) is 0.210. The van der Waals surface area contributed by atoms with Gasteiger partial charge in [0.1, 0.15) is 0 Å². The summed E-state index contributed by atoms with van der Waals surface area (Å²) in [6.45, 7) is 0. The highest BCUT2D eigenvalue weighted by atomic mass is 35.5. The zero-order chi connectivity index (χ0) is 14.3. The second-order valence-corrected chi connectivity index (χ2v) is 6.61. The van der Waals surface area contributed by atoms with Gasteiger partial charge in [0.2, 0.25) is 5.91 Å². The largest absolute Gasteiger partial charge is 0.331 e. The van der Waals surface area contributed by atoms with E-state index in [-0.39, 0.29) is 18.0 Å². The molecule has 1 heterocycles. The quantitative estimate of drug-likeness (QED) is 0.908. The first-order valence-corrected chi connectivity index (χ1v) is 7.84. The molecule has 1 aromatic carbocycles. The molecule has 0 radical (unpaired) electrons. The minimum Gasteiger partial charge on any atom is -0.331 e. The van der Waals surface area contributed by atoms with E-state index in [0.29, 0.717) is 22.5 Å². The average molecular weight is 313 g/mol. The maximum absolute atomic E-state index is 12.4. The molecule has 1 saturated carbocycles. The molecule has 2 unspecified atom stereocenters. The number of likely N-dealkylation sites (tertiary alicyclic amines) is 1. The number of carbonyl (C=O) groups is 1. The standard InChI is InChI=1S/C15H18Cl2N2O/c16-10-6-9(7-11(17)8-10)15-13(18)2-1-3-14(20)19(15)12-4-5-12/h6-8,12-13,15H,1-5,18H2. The van der Waals surface area contributed by atoms with E-state index in [1.807, 2.05) is 17.0 Å². The molecular weight excluding hydrogens is 295 g/mol. The highest BCUT2D eigenvalue weighted by Gasteiger charge is 2.41. The number of hydrogen-bond acceptors (Lipinski definition) is 2. The van der Waals surface area contributed by atoms with Crippen molar-refractivity contribution in [3.63, 3.8) is 0 Å². The Hall–Kier alpha value is -0.770. The molecule has 1 amide bonds. The van der Waals surface area contributed by atoms with Gasteiger partial charge in [0.25, 0.3) is 0 Å². The van der Waals surface area contributed by atoms with Gasteiger partial charge in [0, 0.05) is 28.5 Å². The van der Waals surface area contributed by atoms with E-state index in [1.54, 1.807) is 6.07 Å². The van der Waals surface area contributed by atoms with E-state index in [9.17, 15) is 4.79 Å². The number of nitrogens with zero attached hydrogens (tertiary/aromatic N) is 1. The van der Waals surface area contributed by atoms with Crippen LogP contribution in [0, 0.1) is 0 Å². The molecule has 0 aromatic heterocycles. The molecule has 0 spiro atoms. The predicted molar refractivity (Wildman–Crippen MR) is 80.9 cm³/mol. The highest BCUT2D eigenvalue weighted by molar-refractivity contribution is 6.34. The summed E-state index contributed by atoms with van der Waals surface area (Å²) in [6, 6.07) is 5.65. The Morgan fingerprint density at radius 3 is 2.35 bits per heavy atom. The normalized spacial score (nSPS) is 27.6. The topological polar surface area (TPSA) is 46.3 Å². The molecule has 2 N–H and O–H groups in total. The van der Waals surface area contributed by atoms with Crippen molar-refractivity contribution < 1.29 is 4.79 Å². The third-order valence-electron chi connectivity index (χ3n) is 4.09. The van der Waals surface area contributed by atoms with Gasteiger partial charge in [-0.15, -0.1) is 0 Å². The molecule has 2 atom stereocenters. The Morgan fingerprint density at radius 2 is 1.75 bits per heavy atom. The molecule has 2 aliphatic rings. The lowest BCUT2D eigenvalue weighted by molar-refractivity contribution is -0.133. The van der Waals surface area contributed by atoms with E-state index in [4.69, 9.17) is 28.9 Å². The fourth-order valence-corrected chi connectivity index (χ4v) is 3.62. The van der Waals surface area contributed by atoms with Crippen LogP contribution in [-0.4, -0.2) is 22.9 Å². The van der Waals surface area contributed by atoms with Crippen molar-refractivity contribution in [2.75, 3.05) is 0 Å². The Labute approximate surface area is 129 Å². The monoisotopic (exact) mass is 312 g/mol. The number of rotatable bonds is 2. The van der Waals surface area contributed by atoms with Gasteiger partial charge in [-0.05, 0) is 49.4 Å². The summed E-state index contributed by atoms with van der Waals surface area (Å²) in [5, 5.41) is 1.18. The molecule has 20 heavy (non-hydrogen) atoms. The van der Waals surface area contributed by atoms with E-state index >= 15 is 0 Å². The van der Waals surface area contributed by atoms with Crippen molar-refractivity contribution in [3.8, 4) is 0 Å². The van der Waals surface area contributed by atoms with Crippen LogP contribution < -0.4 is 5.73 Å². The van der Waals surface area contributed by atoms with Crippen LogP contribution in [0.25, 0.3) is 0 Å². The van der Waals surface area contributed by atoms with Crippen LogP contribution in [0.4, 0.5) is 0 Å². The average Bonchev–Trinajstić information content (AvgIpc) is 3.17. The fourth-order valence-electron chi connectivity index (χ4n) is 3.07. The Morgan fingerprint density at radius 1 is 1.10 bits per heavy atom. The van der Waals surface area contributed by atoms with Gasteiger partial charge in [-0.25, -0.2) is 0 Å². The second kappa shape index (κ2) is 5.55. The zero-order valence-corrected chi connectivity index (χ0v) is 12.7. The van der Waals surface area contributed by atoms with Gasteiger partial charge in [-0.3, -0.25) is 4.79 Å². The van der Waals surface area contributed by atoms with Gasteiger partial charge in [-0.1, -0.05) is 23.2 Å². The first-order valence-electron chi connectivity index (χ1n) is 7.09. The number of benzene rings is 1. The Kier molecular flexibility index (Phi) is 3.93. The van der Waals surface area contributed by atoms with Crippen molar-refractivity contribution in [1.82, 2.24) is 4.90 Å². The third-order valence-corrected chi connectivity index (χ3v) is 4.52. The summed E-state index contributed by atoms with van der Waals surface area (Å²) < 4.78 is 0. The summed E-state index contributed by atoms with van der Waals surface area (Å²) in [5.41, 5.74) is 7.30. The molecule has 3 rings (SSSR count). The smallest absolute Gasteiger partial charge is 0.223 e. The lowest BCUT2D eigenvalue weighted by atomic mass is 9.96. The molecule has 1 aliphatic carbocycles. The van der Waals surface area contributed by atoms with Crippen LogP contribution in [0.2, 0.25) is 10.0 Å². The number of nitrogens with two attached hydrogens (primary N) is 1. The van der Waals surface area contributed by atoms with Crippen molar-refractivity contribution in [2.24, 2.45) is 5.73 Å². The highest BCUT2D eigenvalue weighted by Crippen LogP contribution is 2.40. The number of amides is 1. The summed E-state index contributed by atoms with van der Waals surface area (Å²) in [4.78, 5) is 14.4. The van der Waals surface area contributed by atoms with Gasteiger partial charge in [0.05, 0.1) is 6.04 Å². The summed E-state index contributed by atoms with van der Waals surface area (Å²) >= 11 is 12.2. The zero-order valence-electron chi connectivity index (χ0n) is 11.2. The first-order chi connectivity index (χ1) is 9.56. The molecule has 108 valence electrons. The van der Waals surface area contributed by atoms with E-state index in [2.05, 4.69) is 0 Å². The van der Waals surface area contributed by atoms with Crippen LogP contribution in [0.3, 0.4) is 0 Å². The van der Waals surface area contributed by atoms with E-state index in [0.717, 1.165) is 31.2 Å². The van der Waals surface area contributed by atoms with Crippen molar-refractivity contribution in [1.29, 1.82) is 0 Å². The van der Waals surface area contributed by atoms with Crippen LogP contribution in [-0.2, 0) is 4.79 Å². The first kappa shape index (κ1) is 14.2. The molecule has 0 bridgehead atoms. The van der Waals surface area contributed by atoms with Crippen molar-refractivity contribution in [2.45, 2.75) is 50.2 Å². The fraction of sp³-hybridized carbons (Fsp3) is 0.533. The van der Waals surface area contributed by atoms with Gasteiger partial charge in [0.15, 0.2) is 0 Å². The van der Waals surface area contributed by atoms with Gasteiger partial charge < -0.3 is 10.6 Å². The number of carbonyl (C=O) groups excluding carboxylic acids is 1. The maximum atomic E-state index is 12.4. The molecule has 1 aliphatic heterocycles. The minimum atomic E-state index is -0.103. The predicted octanol–water partition coefficient (Wildman–Crippen LogP) is 3.54. The maximum Gasteiger partial charge on any atom is 0.223 e. The lowest BCUT2D eigenvalue weighted by Crippen LogP contribution is -2.43. The van der Waals surface area contributed by atoms with Crippen LogP contribution in [0.15, 0.2) is 18.2 Å². The second-order valence-electron chi connectivity index (χ2n) is 5.74. The number of hydrogen-bond donors (Lipinski definition) is 1. The molecule has 5 heteroatoms. The Bertz CT molecular complexity index is 510. The molecule has 1 aromatic rings. The molecular formula is C15H18Cl2N2O. The minimum absolute atomic E-state index is 0.0587. The lowest BCUT2D eigenvalue weighted by Gasteiger charge is -2.34. The molecule has 2 fully saturated rings. The number of halogens is 2. The van der Waals surface area contributed by atoms with E-state index < -0.39 is 0 Å².